The van der Waals surface area contributed by atoms with Gasteiger partial charge in [0.25, 0.3) is 0 Å². The molecule has 1 heterocycles. The van der Waals surface area contributed by atoms with Crippen molar-refractivity contribution in [3.63, 3.8) is 0 Å². The van der Waals surface area contributed by atoms with E-state index in [0.717, 1.165) is 0 Å². The van der Waals surface area contributed by atoms with Crippen LogP contribution in [0, 0.1) is 0 Å². The molecule has 0 radical (unpaired) electrons. The molecule has 1 saturated heterocycles. The minimum absolute atomic E-state index is 0.405. The Kier molecular flexibility index (Phi) is 16.4. The van der Waals surface area contributed by atoms with Gasteiger partial charge in [-0.1, -0.05) is 0 Å². The quantitative estimate of drug-likeness (QED) is 0.0917. The topological polar surface area (TPSA) is 91.5 Å². The Hall–Kier alpha value is -1.17. The molecule has 0 saturated carbocycles. The van der Waals surface area contributed by atoms with Crippen molar-refractivity contribution in [1.82, 2.24) is 14.6 Å². The number of halogens is 30. The molecule has 1 aliphatic rings. The van der Waals surface area contributed by atoms with E-state index in [2.05, 4.69) is 27.1 Å². The Balaban J connectivity index is 4.55. The van der Waals surface area contributed by atoms with Gasteiger partial charge < -0.3 is 0 Å². The Morgan fingerprint density at radius 1 is 0.217 bits per heavy atom. The summed E-state index contributed by atoms with van der Waals surface area (Å²) in [5.74, 6) is -40.3. The third-order valence-corrected chi connectivity index (χ3v) is 17.4. The summed E-state index contributed by atoms with van der Waals surface area (Å²) in [6, 6.07) is 0. The van der Waals surface area contributed by atoms with Gasteiger partial charge in [0.15, 0.2) is 0 Å². The summed E-state index contributed by atoms with van der Waals surface area (Å²) in [5.41, 5.74) is 0. The monoisotopic (exact) mass is 1030 g/mol. The van der Waals surface area contributed by atoms with E-state index in [0.29, 0.717) is 14.6 Å². The van der Waals surface area contributed by atoms with Crippen molar-refractivity contribution in [3.8, 4) is 0 Å². The summed E-state index contributed by atoms with van der Waals surface area (Å²) in [6.45, 7) is -23.2. The number of hydrogen-bond donors (Lipinski definition) is 3. The molecule has 1 aliphatic heterocycles. The van der Waals surface area contributed by atoms with Gasteiger partial charge in [-0.2, -0.15) is 0 Å². The van der Waals surface area contributed by atoms with E-state index in [1.54, 1.807) is 0 Å². The first-order valence-electron chi connectivity index (χ1n) is 13.7. The van der Waals surface area contributed by atoms with Crippen LogP contribution < -0.4 is 14.6 Å². The van der Waals surface area contributed by atoms with Gasteiger partial charge in [-0.3, -0.25) is 0 Å². The third kappa shape index (κ3) is 13.9. The Morgan fingerprint density at radius 2 is 0.317 bits per heavy atom. The summed E-state index contributed by atoms with van der Waals surface area (Å²) < 4.78 is 423. The zero-order valence-electron chi connectivity index (χ0n) is 27.0. The molecule has 3 N–H and O–H groups in total. The van der Waals surface area contributed by atoms with Gasteiger partial charge in [-0.15, -0.1) is 0 Å². The van der Waals surface area contributed by atoms with Crippen LogP contribution in [0.4, 0.5) is 132 Å². The molecule has 0 aromatic heterocycles. The molecular weight excluding hydrogens is 1020 g/mol. The van der Waals surface area contributed by atoms with Crippen LogP contribution in [0.1, 0.15) is 0 Å². The molecule has 0 aromatic rings. The normalized spacial score (nSPS) is 21.1. The molecule has 60 heavy (non-hydrogen) atoms. The van der Waals surface area contributed by atoms with Crippen molar-refractivity contribution in [2.45, 2.75) is 72.6 Å². The summed E-state index contributed by atoms with van der Waals surface area (Å²) in [7, 11) is -23.7. The van der Waals surface area contributed by atoms with E-state index >= 15 is 0 Å². The van der Waals surface area contributed by atoms with E-state index < -0.39 is 136 Å². The molecule has 0 unspecified atom stereocenters. The first-order valence-corrected chi connectivity index (χ1v) is 19.2. The summed E-state index contributed by atoms with van der Waals surface area (Å²) in [5, 5.41) is 0. The first kappa shape index (κ1) is 56.8. The van der Waals surface area contributed by atoms with Crippen LogP contribution in [-0.2, 0) is 27.1 Å². The molecule has 42 heteroatoms. The maximum atomic E-state index is 14.0. The fourth-order valence-corrected chi connectivity index (χ4v) is 16.6. The number of alkyl halides is 30. The van der Waals surface area contributed by atoms with Gasteiger partial charge in [-0.05, 0) is 0 Å². The van der Waals surface area contributed by atoms with E-state index in [-0.39, 0.29) is 0 Å². The van der Waals surface area contributed by atoms with Crippen molar-refractivity contribution in [2.24, 2.45) is 0 Å². The fraction of sp³-hybridized carbons (Fsp3) is 1.00. The van der Waals surface area contributed by atoms with E-state index in [4.69, 9.17) is 0 Å². The van der Waals surface area contributed by atoms with Gasteiger partial charge >= 0.3 is 310 Å². The van der Waals surface area contributed by atoms with Crippen LogP contribution in [-0.4, -0.2) is 112 Å². The molecule has 0 spiro atoms. The Labute approximate surface area is 310 Å². The van der Waals surface area contributed by atoms with Gasteiger partial charge in [0.05, 0.1) is 0 Å². The summed E-state index contributed by atoms with van der Waals surface area (Å²) >= 11 is 0. The molecule has 0 bridgehead atoms. The van der Waals surface area contributed by atoms with Crippen LogP contribution in [0.3, 0.4) is 0 Å². The van der Waals surface area contributed by atoms with E-state index in [1.165, 1.54) is 0 Å². The second kappa shape index (κ2) is 17.3. The Bertz CT molecular complexity index is 1160. The molecule has 1 rings (SSSR count). The fourth-order valence-electron chi connectivity index (χ4n) is 2.95. The van der Waals surface area contributed by atoms with Crippen molar-refractivity contribution in [1.29, 1.82) is 0 Å². The van der Waals surface area contributed by atoms with Gasteiger partial charge in [0, 0.05) is 0 Å². The van der Waals surface area contributed by atoms with Crippen LogP contribution in [0.5, 0.6) is 0 Å². The van der Waals surface area contributed by atoms with Crippen molar-refractivity contribution in [2.75, 3.05) is 39.6 Å². The number of hydrogen-bond acceptors (Lipinski definition) is 9. The molecule has 0 atom stereocenters. The molecule has 1 fully saturated rings. The molecule has 366 valence electrons. The van der Waals surface area contributed by atoms with E-state index in [9.17, 15) is 132 Å². The molecule has 0 aliphatic carbocycles. The third-order valence-electron chi connectivity index (χ3n) is 6.22. The van der Waals surface area contributed by atoms with Crippen molar-refractivity contribution in [3.05, 3.63) is 0 Å². The predicted molar refractivity (Wildman–Crippen MR) is 136 cm³/mol. The second-order valence-corrected chi connectivity index (χ2v) is 19.6. The summed E-state index contributed by atoms with van der Waals surface area (Å²) in [6.07, 6.45) is -42.7. The average molecular weight is 1040 g/mol. The average Bonchev–Trinajstić information content (AvgIpc) is 3.00. The van der Waals surface area contributed by atoms with E-state index in [1.807, 2.05) is 0 Å². The number of rotatable bonds is 18. The predicted octanol–water partition coefficient (Wildman–Crippen LogP) is 10.3. The maximum absolute atomic E-state index is 14.0. The van der Waals surface area contributed by atoms with Crippen molar-refractivity contribution >= 4 is 24.1 Å². The van der Waals surface area contributed by atoms with Crippen molar-refractivity contribution < 1.29 is 159 Å². The Morgan fingerprint density at radius 3 is 0.400 bits per heavy atom. The van der Waals surface area contributed by atoms with Crippen LogP contribution >= 0.6 is 24.1 Å². The number of nitrogens with one attached hydrogen (secondary N) is 3. The molecular formula is C18H18F30N3O6P3. The van der Waals surface area contributed by atoms with Gasteiger partial charge in [-0.25, -0.2) is 0 Å². The zero-order chi connectivity index (χ0) is 48.1. The van der Waals surface area contributed by atoms with Gasteiger partial charge in [0.2, 0.25) is 0 Å². The first-order chi connectivity index (χ1) is 25.9. The zero-order valence-corrected chi connectivity index (χ0v) is 30.0. The van der Waals surface area contributed by atoms with Crippen LogP contribution in [0.15, 0.2) is 0 Å². The van der Waals surface area contributed by atoms with Gasteiger partial charge in [0.1, 0.15) is 0 Å². The second-order valence-electron chi connectivity index (χ2n) is 11.2. The minimum atomic E-state index is -7.90. The van der Waals surface area contributed by atoms with Crippen LogP contribution in [0.2, 0.25) is 0 Å². The SMILES string of the molecule is FC(F)(F)C(F)(F)CO[PH]1(OCC(F)(F)C(F)(F)F)N[PH](OCC(F)(F)C(F)(F)F)(OCC(F)(F)C(F)(F)F)N[PH](OCC(F)(F)C(F)(F)F)(OCC(F)(F)C(F)(F)F)N1. The molecule has 9 nitrogen and oxygen atoms in total. The standard InChI is InChI=1S/C18H18F30N3O6P3/c19-7(20,13(31,32)33)1-52-58(53-2-8(21,22)14(34,35)36)49-59(54-3-9(23,24)15(37,38)39,55-4-10(25,26)16(40,41)42)51-60(50-58,56-5-11(27,28)17(43,44)45)57-6-12(29,30)18(46,47)48/h49-51,58-60H,1-6H2. The summed E-state index contributed by atoms with van der Waals surface area (Å²) in [4.78, 5) is 1.22. The van der Waals surface area contributed by atoms with Crippen LogP contribution in [0.25, 0.3) is 0 Å². The molecule has 0 amide bonds. The molecule has 0 aromatic carbocycles.